The molecule has 1 aliphatic rings. The summed E-state index contributed by atoms with van der Waals surface area (Å²) in [5.74, 6) is 0.547. The highest BCUT2D eigenvalue weighted by Crippen LogP contribution is 2.17. The van der Waals surface area contributed by atoms with Gasteiger partial charge in [0.05, 0.1) is 6.61 Å². The van der Waals surface area contributed by atoms with Crippen molar-refractivity contribution in [3.63, 3.8) is 0 Å². The van der Waals surface area contributed by atoms with Gasteiger partial charge in [0, 0.05) is 19.4 Å². The number of ether oxygens (including phenoxy) is 1. The normalized spacial score (nSPS) is 25.9. The number of nitrogens with zero attached hydrogens (tertiary/aromatic N) is 1. The molecule has 5 nitrogen and oxygen atoms in total. The van der Waals surface area contributed by atoms with Gasteiger partial charge in [-0.1, -0.05) is 0 Å². The maximum absolute atomic E-state index is 11.9. The van der Waals surface area contributed by atoms with Gasteiger partial charge in [-0.15, -0.1) is 0 Å². The smallest absolute Gasteiger partial charge is 0.325 e. The van der Waals surface area contributed by atoms with E-state index in [1.165, 1.54) is 12.0 Å². The fourth-order valence-electron chi connectivity index (χ4n) is 1.52. The summed E-state index contributed by atoms with van der Waals surface area (Å²) < 4.78 is 4.93. The fourth-order valence-corrected chi connectivity index (χ4v) is 1.88. The van der Waals surface area contributed by atoms with Gasteiger partial charge in [0.2, 0.25) is 0 Å². The molecule has 0 aromatic heterocycles. The first-order valence-corrected chi connectivity index (χ1v) is 6.06. The Morgan fingerprint density at radius 3 is 2.73 bits per heavy atom. The van der Waals surface area contributed by atoms with Crippen molar-refractivity contribution in [2.24, 2.45) is 0 Å². The second-order valence-electron chi connectivity index (χ2n) is 3.64. The highest BCUT2D eigenvalue weighted by molar-refractivity contribution is 7.98. The van der Waals surface area contributed by atoms with Crippen molar-refractivity contribution in [2.75, 3.05) is 32.3 Å². The zero-order valence-electron chi connectivity index (χ0n) is 9.20. The van der Waals surface area contributed by atoms with Gasteiger partial charge in [-0.2, -0.15) is 11.8 Å². The maximum Gasteiger partial charge on any atom is 0.325 e. The van der Waals surface area contributed by atoms with Crippen LogP contribution in [-0.4, -0.2) is 54.6 Å². The number of amides is 3. The number of methoxy groups -OCH3 is 1. The monoisotopic (exact) mass is 232 g/mol. The van der Waals surface area contributed by atoms with Crippen molar-refractivity contribution >= 4 is 23.7 Å². The van der Waals surface area contributed by atoms with Crippen molar-refractivity contribution in [1.29, 1.82) is 0 Å². The lowest BCUT2D eigenvalue weighted by Crippen LogP contribution is -2.48. The van der Waals surface area contributed by atoms with E-state index in [0.29, 0.717) is 6.54 Å². The molecule has 15 heavy (non-hydrogen) atoms. The van der Waals surface area contributed by atoms with Crippen LogP contribution in [0.25, 0.3) is 0 Å². The molecule has 1 atom stereocenters. The average molecular weight is 232 g/mol. The summed E-state index contributed by atoms with van der Waals surface area (Å²) in [6.07, 6.45) is 1.94. The van der Waals surface area contributed by atoms with Crippen LogP contribution in [0.2, 0.25) is 0 Å². The van der Waals surface area contributed by atoms with Crippen LogP contribution in [0.4, 0.5) is 4.79 Å². The quantitative estimate of drug-likeness (QED) is 0.693. The minimum Gasteiger partial charge on any atom is -0.382 e. The van der Waals surface area contributed by atoms with Crippen molar-refractivity contribution in [1.82, 2.24) is 10.2 Å². The summed E-state index contributed by atoms with van der Waals surface area (Å²) >= 11 is 1.60. The van der Waals surface area contributed by atoms with Crippen LogP contribution in [0, 0.1) is 0 Å². The van der Waals surface area contributed by atoms with Gasteiger partial charge < -0.3 is 10.1 Å². The van der Waals surface area contributed by atoms with Crippen LogP contribution in [0.5, 0.6) is 0 Å². The first-order chi connectivity index (χ1) is 7.05. The van der Waals surface area contributed by atoms with E-state index < -0.39 is 5.54 Å². The topological polar surface area (TPSA) is 58.6 Å². The molecule has 0 radical (unpaired) electrons. The van der Waals surface area contributed by atoms with Gasteiger partial charge in [0.15, 0.2) is 0 Å². The Kier molecular flexibility index (Phi) is 3.98. The van der Waals surface area contributed by atoms with E-state index in [9.17, 15) is 9.59 Å². The molecule has 1 rings (SSSR count). The lowest BCUT2D eigenvalue weighted by molar-refractivity contribution is -0.132. The molecule has 0 bridgehead atoms. The molecule has 6 heteroatoms. The minimum atomic E-state index is -0.899. The molecular formula is C9H16N2O3S. The van der Waals surface area contributed by atoms with Crippen molar-refractivity contribution in [3.05, 3.63) is 0 Å². The predicted molar refractivity (Wildman–Crippen MR) is 58.9 cm³/mol. The number of carbonyl (C=O) groups excluding carboxylic acids is 2. The van der Waals surface area contributed by atoms with E-state index >= 15 is 0 Å². The molecule has 1 aliphatic heterocycles. The SMILES string of the molecule is COCC1(C)NC(=O)N(CCSC)C1=O. The van der Waals surface area contributed by atoms with E-state index in [-0.39, 0.29) is 18.5 Å². The number of imide groups is 1. The minimum absolute atomic E-state index is 0.202. The second kappa shape index (κ2) is 4.85. The molecule has 0 aliphatic carbocycles. The second-order valence-corrected chi connectivity index (χ2v) is 4.63. The van der Waals surface area contributed by atoms with Gasteiger partial charge in [-0.25, -0.2) is 4.79 Å². The molecule has 1 saturated heterocycles. The Morgan fingerprint density at radius 2 is 2.20 bits per heavy atom. The van der Waals surface area contributed by atoms with Gasteiger partial charge in [-0.3, -0.25) is 9.69 Å². The molecule has 86 valence electrons. The molecule has 1 fully saturated rings. The summed E-state index contributed by atoms with van der Waals surface area (Å²) in [5, 5.41) is 2.64. The Bertz CT molecular complexity index is 272. The van der Waals surface area contributed by atoms with Crippen LogP contribution in [0.15, 0.2) is 0 Å². The van der Waals surface area contributed by atoms with Gasteiger partial charge in [0.25, 0.3) is 5.91 Å². The third kappa shape index (κ3) is 2.43. The fraction of sp³-hybridized carbons (Fsp3) is 0.778. The summed E-state index contributed by atoms with van der Waals surface area (Å²) in [6, 6.07) is -0.325. The zero-order valence-corrected chi connectivity index (χ0v) is 10.0. The Morgan fingerprint density at radius 1 is 1.53 bits per heavy atom. The lowest BCUT2D eigenvalue weighted by Gasteiger charge is -2.20. The number of carbonyl (C=O) groups is 2. The molecule has 1 N–H and O–H groups in total. The molecule has 0 aromatic rings. The van der Waals surface area contributed by atoms with E-state index in [4.69, 9.17) is 4.74 Å². The Hall–Kier alpha value is -0.750. The summed E-state index contributed by atoms with van der Waals surface area (Å²) in [4.78, 5) is 24.6. The van der Waals surface area contributed by atoms with Crippen LogP contribution in [0.1, 0.15) is 6.92 Å². The maximum atomic E-state index is 11.9. The lowest BCUT2D eigenvalue weighted by atomic mass is 10.0. The number of hydrogen-bond acceptors (Lipinski definition) is 4. The van der Waals surface area contributed by atoms with Crippen LogP contribution >= 0.6 is 11.8 Å². The molecule has 0 spiro atoms. The van der Waals surface area contributed by atoms with Gasteiger partial charge in [0.1, 0.15) is 5.54 Å². The largest absolute Gasteiger partial charge is 0.382 e. The Labute approximate surface area is 93.5 Å². The summed E-state index contributed by atoms with van der Waals surface area (Å²) in [5.41, 5.74) is -0.899. The van der Waals surface area contributed by atoms with E-state index in [2.05, 4.69) is 5.32 Å². The number of urea groups is 1. The van der Waals surface area contributed by atoms with Crippen molar-refractivity contribution in [2.45, 2.75) is 12.5 Å². The average Bonchev–Trinajstić information content (AvgIpc) is 2.37. The molecule has 0 saturated carbocycles. The third-order valence-electron chi connectivity index (χ3n) is 2.30. The predicted octanol–water partition coefficient (Wildman–Crippen LogP) is 0.306. The molecule has 1 heterocycles. The highest BCUT2D eigenvalue weighted by atomic mass is 32.2. The number of thioether (sulfide) groups is 1. The van der Waals surface area contributed by atoms with Crippen molar-refractivity contribution in [3.8, 4) is 0 Å². The van der Waals surface area contributed by atoms with Crippen LogP contribution in [0.3, 0.4) is 0 Å². The molecular weight excluding hydrogens is 216 g/mol. The zero-order chi connectivity index (χ0) is 11.5. The number of hydrogen-bond donors (Lipinski definition) is 1. The first kappa shape index (κ1) is 12.3. The van der Waals surface area contributed by atoms with E-state index in [1.807, 2.05) is 6.26 Å². The molecule has 3 amide bonds. The summed E-state index contributed by atoms with van der Waals surface area (Å²) in [7, 11) is 1.51. The first-order valence-electron chi connectivity index (χ1n) is 4.67. The standard InChI is InChI=1S/C9H16N2O3S/c1-9(6-14-2)7(12)11(4-5-15-3)8(13)10-9/h4-6H2,1-3H3,(H,10,13). The van der Waals surface area contributed by atoms with Crippen LogP contribution in [-0.2, 0) is 9.53 Å². The third-order valence-corrected chi connectivity index (χ3v) is 2.89. The van der Waals surface area contributed by atoms with E-state index in [1.54, 1.807) is 18.7 Å². The van der Waals surface area contributed by atoms with Crippen LogP contribution < -0.4 is 5.32 Å². The van der Waals surface area contributed by atoms with Crippen molar-refractivity contribution < 1.29 is 14.3 Å². The molecule has 0 aromatic carbocycles. The van der Waals surface area contributed by atoms with Gasteiger partial charge >= 0.3 is 6.03 Å². The van der Waals surface area contributed by atoms with E-state index in [0.717, 1.165) is 5.75 Å². The summed E-state index contributed by atoms with van der Waals surface area (Å²) in [6.45, 7) is 2.33. The number of nitrogens with one attached hydrogen (secondary N) is 1. The highest BCUT2D eigenvalue weighted by Gasteiger charge is 2.47. The number of rotatable bonds is 5. The molecule has 1 unspecified atom stereocenters. The Balaban J connectivity index is 2.69. The van der Waals surface area contributed by atoms with Gasteiger partial charge in [-0.05, 0) is 13.2 Å².